The van der Waals surface area contributed by atoms with E-state index in [4.69, 9.17) is 5.11 Å². The molecule has 0 fully saturated rings. The average Bonchev–Trinajstić information content (AvgIpc) is 1.84. The van der Waals surface area contributed by atoms with Crippen molar-refractivity contribution in [3.8, 4) is 0 Å². The van der Waals surface area contributed by atoms with Crippen LogP contribution in [0.1, 0.15) is 34.6 Å². The van der Waals surface area contributed by atoms with Crippen LogP contribution < -0.4 is 0 Å². The van der Waals surface area contributed by atoms with Gasteiger partial charge in [-0.1, -0.05) is 5.57 Å². The molecule has 1 heteroatoms. The van der Waals surface area contributed by atoms with Crippen LogP contribution in [0.4, 0.5) is 0 Å². The van der Waals surface area contributed by atoms with Crippen molar-refractivity contribution in [1.82, 2.24) is 0 Å². The first kappa shape index (κ1) is 9.28. The first-order valence-corrected chi connectivity index (χ1v) is 3.47. The largest absolute Gasteiger partial charge is 0.512 e. The molecule has 0 aliphatic rings. The third-order valence-corrected chi connectivity index (χ3v) is 1.86. The highest BCUT2D eigenvalue weighted by Crippen LogP contribution is 2.15. The molecule has 0 aromatic heterocycles. The molecule has 0 spiro atoms. The molecule has 0 aliphatic carbocycles. The lowest BCUT2D eigenvalue weighted by Crippen LogP contribution is -1.87. The molecule has 0 unspecified atom stereocenters. The van der Waals surface area contributed by atoms with Gasteiger partial charge in [-0.25, -0.2) is 0 Å². The third-order valence-electron chi connectivity index (χ3n) is 1.86. The zero-order chi connectivity index (χ0) is 8.31. The molecule has 10 heavy (non-hydrogen) atoms. The summed E-state index contributed by atoms with van der Waals surface area (Å²) in [6.07, 6.45) is 0. The molecular weight excluding hydrogens is 124 g/mol. The topological polar surface area (TPSA) is 20.2 Å². The second-order valence-electron chi connectivity index (χ2n) is 2.84. The van der Waals surface area contributed by atoms with Crippen LogP contribution in [-0.4, -0.2) is 5.11 Å². The summed E-state index contributed by atoms with van der Waals surface area (Å²) in [7, 11) is 0. The van der Waals surface area contributed by atoms with Crippen molar-refractivity contribution in [3.05, 3.63) is 22.5 Å². The normalized spacial score (nSPS) is 12.5. The van der Waals surface area contributed by atoms with Gasteiger partial charge in [0.05, 0.1) is 5.76 Å². The summed E-state index contributed by atoms with van der Waals surface area (Å²) in [6.45, 7) is 9.74. The number of aliphatic hydroxyl groups is 1. The second kappa shape index (κ2) is 3.45. The highest BCUT2D eigenvalue weighted by molar-refractivity contribution is 5.31. The van der Waals surface area contributed by atoms with E-state index in [-0.39, 0.29) is 0 Å². The minimum Gasteiger partial charge on any atom is -0.512 e. The average molecular weight is 140 g/mol. The molecule has 0 rings (SSSR count). The monoisotopic (exact) mass is 140 g/mol. The van der Waals surface area contributed by atoms with Crippen molar-refractivity contribution in [2.45, 2.75) is 34.6 Å². The third kappa shape index (κ3) is 2.26. The highest BCUT2D eigenvalue weighted by Gasteiger charge is 1.97. The summed E-state index contributed by atoms with van der Waals surface area (Å²) in [5, 5.41) is 9.09. The maximum absolute atomic E-state index is 9.09. The van der Waals surface area contributed by atoms with E-state index in [1.807, 2.05) is 27.7 Å². The molecule has 0 saturated carbocycles. The molecule has 0 saturated heterocycles. The SMILES string of the molecule is CC(C)=C(C)/C(C)=C(/C)O. The number of hydrogen-bond acceptors (Lipinski definition) is 1. The first-order valence-electron chi connectivity index (χ1n) is 3.47. The Morgan fingerprint density at radius 2 is 1.20 bits per heavy atom. The summed E-state index contributed by atoms with van der Waals surface area (Å²) < 4.78 is 0. The van der Waals surface area contributed by atoms with E-state index in [2.05, 4.69) is 0 Å². The van der Waals surface area contributed by atoms with Gasteiger partial charge >= 0.3 is 0 Å². The molecule has 0 aromatic carbocycles. The Hall–Kier alpha value is -0.720. The van der Waals surface area contributed by atoms with Gasteiger partial charge in [0.2, 0.25) is 0 Å². The lowest BCUT2D eigenvalue weighted by Gasteiger charge is -2.04. The Kier molecular flexibility index (Phi) is 3.20. The molecule has 0 amide bonds. The van der Waals surface area contributed by atoms with Gasteiger partial charge in [0.25, 0.3) is 0 Å². The molecule has 0 atom stereocenters. The fourth-order valence-electron chi connectivity index (χ4n) is 0.646. The quantitative estimate of drug-likeness (QED) is 0.438. The Labute approximate surface area is 63.1 Å². The van der Waals surface area contributed by atoms with Crippen LogP contribution in [0.15, 0.2) is 22.5 Å². The van der Waals surface area contributed by atoms with E-state index in [9.17, 15) is 0 Å². The van der Waals surface area contributed by atoms with Crippen LogP contribution in [0.2, 0.25) is 0 Å². The summed E-state index contributed by atoms with van der Waals surface area (Å²) in [6, 6.07) is 0. The van der Waals surface area contributed by atoms with Crippen molar-refractivity contribution in [2.24, 2.45) is 0 Å². The van der Waals surface area contributed by atoms with Crippen LogP contribution in [-0.2, 0) is 0 Å². The van der Waals surface area contributed by atoms with Gasteiger partial charge in [-0.2, -0.15) is 0 Å². The molecule has 1 nitrogen and oxygen atoms in total. The van der Waals surface area contributed by atoms with E-state index < -0.39 is 0 Å². The standard InChI is InChI=1S/C9H16O/c1-6(2)7(3)8(4)9(5)10/h10H,1-5H3/b9-8-. The lowest BCUT2D eigenvalue weighted by molar-refractivity contribution is 0.408. The summed E-state index contributed by atoms with van der Waals surface area (Å²) >= 11 is 0. The second-order valence-corrected chi connectivity index (χ2v) is 2.84. The van der Waals surface area contributed by atoms with E-state index in [1.165, 1.54) is 11.1 Å². The summed E-state index contributed by atoms with van der Waals surface area (Å²) in [4.78, 5) is 0. The van der Waals surface area contributed by atoms with Gasteiger partial charge in [0.15, 0.2) is 0 Å². The summed E-state index contributed by atoms with van der Waals surface area (Å²) in [5.74, 6) is 0.415. The van der Waals surface area contributed by atoms with Gasteiger partial charge in [0, 0.05) is 0 Å². The minimum absolute atomic E-state index is 0.415. The zero-order valence-electron chi connectivity index (χ0n) is 7.45. The van der Waals surface area contributed by atoms with Gasteiger partial charge < -0.3 is 5.11 Å². The predicted octanol–water partition coefficient (Wildman–Crippen LogP) is 3.19. The van der Waals surface area contributed by atoms with Gasteiger partial charge in [-0.05, 0) is 45.8 Å². The Bertz CT molecular complexity index is 155. The number of hydrogen-bond donors (Lipinski definition) is 1. The molecule has 0 radical (unpaired) electrons. The number of allylic oxidation sites excluding steroid dienone is 4. The molecule has 0 aromatic rings. The maximum Gasteiger partial charge on any atom is 0.0923 e. The zero-order valence-corrected chi connectivity index (χ0v) is 7.45. The smallest absolute Gasteiger partial charge is 0.0923 e. The number of aliphatic hydroxyl groups excluding tert-OH is 1. The molecule has 1 N–H and O–H groups in total. The highest BCUT2D eigenvalue weighted by atomic mass is 16.3. The van der Waals surface area contributed by atoms with E-state index >= 15 is 0 Å². The van der Waals surface area contributed by atoms with Crippen LogP contribution in [0.25, 0.3) is 0 Å². The predicted molar refractivity (Wildman–Crippen MR) is 45.1 cm³/mol. The van der Waals surface area contributed by atoms with Crippen LogP contribution >= 0.6 is 0 Å². The molecular formula is C9H16O. The minimum atomic E-state index is 0.415. The van der Waals surface area contributed by atoms with E-state index in [0.29, 0.717) is 5.76 Å². The van der Waals surface area contributed by atoms with Crippen molar-refractivity contribution in [3.63, 3.8) is 0 Å². The molecule has 0 bridgehead atoms. The molecule has 58 valence electrons. The lowest BCUT2D eigenvalue weighted by atomic mass is 10.0. The van der Waals surface area contributed by atoms with Crippen molar-refractivity contribution >= 4 is 0 Å². The Morgan fingerprint density at radius 3 is 1.30 bits per heavy atom. The van der Waals surface area contributed by atoms with Crippen LogP contribution in [0.5, 0.6) is 0 Å². The van der Waals surface area contributed by atoms with Crippen molar-refractivity contribution < 1.29 is 5.11 Å². The maximum atomic E-state index is 9.09. The van der Waals surface area contributed by atoms with Crippen molar-refractivity contribution in [1.29, 1.82) is 0 Å². The molecule has 0 aliphatic heterocycles. The van der Waals surface area contributed by atoms with E-state index in [0.717, 1.165) is 5.57 Å². The number of rotatable bonds is 1. The fourth-order valence-corrected chi connectivity index (χ4v) is 0.646. The van der Waals surface area contributed by atoms with Crippen molar-refractivity contribution in [2.75, 3.05) is 0 Å². The van der Waals surface area contributed by atoms with E-state index in [1.54, 1.807) is 6.92 Å². The van der Waals surface area contributed by atoms with Crippen LogP contribution in [0.3, 0.4) is 0 Å². The Morgan fingerprint density at radius 1 is 0.800 bits per heavy atom. The van der Waals surface area contributed by atoms with Gasteiger partial charge in [0.1, 0.15) is 0 Å². The molecule has 0 heterocycles. The summed E-state index contributed by atoms with van der Waals surface area (Å²) in [5.41, 5.74) is 3.42. The first-order chi connectivity index (χ1) is 4.46. The van der Waals surface area contributed by atoms with Crippen LogP contribution in [0, 0.1) is 0 Å². The van der Waals surface area contributed by atoms with Gasteiger partial charge in [-0.3, -0.25) is 0 Å². The fraction of sp³-hybridized carbons (Fsp3) is 0.556. The Balaban J connectivity index is 4.71. The van der Waals surface area contributed by atoms with Gasteiger partial charge in [-0.15, -0.1) is 0 Å².